The summed E-state index contributed by atoms with van der Waals surface area (Å²) in [5.41, 5.74) is 0.578. The van der Waals surface area contributed by atoms with Crippen LogP contribution in [0, 0.1) is 0 Å². The molecule has 0 radical (unpaired) electrons. The first-order valence-electron chi connectivity index (χ1n) is 5.71. The molecule has 0 atom stereocenters. The first-order valence-corrected chi connectivity index (χ1v) is 6.97. The summed E-state index contributed by atoms with van der Waals surface area (Å²) >= 11 is 7.90. The van der Waals surface area contributed by atoms with Gasteiger partial charge in [0.15, 0.2) is 6.29 Å². The lowest BCUT2D eigenvalue weighted by atomic mass is 10.0. The summed E-state index contributed by atoms with van der Waals surface area (Å²) in [6, 6.07) is 5.71. The van der Waals surface area contributed by atoms with Crippen molar-refractivity contribution in [3.8, 4) is 0 Å². The van der Waals surface area contributed by atoms with Crippen molar-refractivity contribution in [2.75, 3.05) is 0 Å². The number of carbonyl (C=O) groups is 1. The monoisotopic (exact) mass is 254 g/mol. The summed E-state index contributed by atoms with van der Waals surface area (Å²) in [5, 5.41) is 1.29. The summed E-state index contributed by atoms with van der Waals surface area (Å²) in [4.78, 5) is 11.8. The maximum Gasteiger partial charge on any atom is 0.151 e. The Balaban J connectivity index is 2.03. The first-order chi connectivity index (χ1) is 7.79. The van der Waals surface area contributed by atoms with E-state index in [-0.39, 0.29) is 0 Å². The van der Waals surface area contributed by atoms with Crippen LogP contribution in [-0.4, -0.2) is 11.5 Å². The SMILES string of the molecule is O=Cc1ccc(SC2CCCCC2)cc1Cl. The van der Waals surface area contributed by atoms with Crippen LogP contribution in [0.5, 0.6) is 0 Å². The van der Waals surface area contributed by atoms with Crippen LogP contribution in [0.25, 0.3) is 0 Å². The van der Waals surface area contributed by atoms with Gasteiger partial charge in [-0.05, 0) is 31.0 Å². The van der Waals surface area contributed by atoms with Crippen molar-refractivity contribution in [2.45, 2.75) is 42.2 Å². The van der Waals surface area contributed by atoms with Crippen molar-refractivity contribution in [1.82, 2.24) is 0 Å². The van der Waals surface area contributed by atoms with Crippen LogP contribution in [0.2, 0.25) is 5.02 Å². The van der Waals surface area contributed by atoms with Gasteiger partial charge in [0.05, 0.1) is 5.02 Å². The molecule has 1 saturated carbocycles. The summed E-state index contributed by atoms with van der Waals surface area (Å²) < 4.78 is 0. The molecule has 0 spiro atoms. The number of benzene rings is 1. The van der Waals surface area contributed by atoms with Crippen LogP contribution in [0.3, 0.4) is 0 Å². The Morgan fingerprint density at radius 3 is 2.62 bits per heavy atom. The topological polar surface area (TPSA) is 17.1 Å². The average molecular weight is 255 g/mol. The van der Waals surface area contributed by atoms with Crippen molar-refractivity contribution >= 4 is 29.6 Å². The molecule has 0 heterocycles. The fraction of sp³-hybridized carbons (Fsp3) is 0.462. The second-order valence-electron chi connectivity index (χ2n) is 4.18. The molecule has 3 heteroatoms. The predicted molar refractivity (Wildman–Crippen MR) is 69.6 cm³/mol. The summed E-state index contributed by atoms with van der Waals surface area (Å²) in [7, 11) is 0. The van der Waals surface area contributed by atoms with Gasteiger partial charge in [0.1, 0.15) is 0 Å². The molecule has 1 aromatic carbocycles. The molecule has 0 aromatic heterocycles. The van der Waals surface area contributed by atoms with Crippen LogP contribution in [-0.2, 0) is 0 Å². The molecule has 0 N–H and O–H groups in total. The van der Waals surface area contributed by atoms with E-state index in [1.807, 2.05) is 23.9 Å². The van der Waals surface area contributed by atoms with E-state index >= 15 is 0 Å². The Hall–Kier alpha value is -0.470. The van der Waals surface area contributed by atoms with Gasteiger partial charge in [0.2, 0.25) is 0 Å². The zero-order valence-corrected chi connectivity index (χ0v) is 10.7. The molecule has 0 saturated heterocycles. The highest BCUT2D eigenvalue weighted by Gasteiger charge is 2.14. The van der Waals surface area contributed by atoms with Gasteiger partial charge in [-0.1, -0.05) is 30.9 Å². The fourth-order valence-corrected chi connectivity index (χ4v) is 3.63. The van der Waals surface area contributed by atoms with Crippen molar-refractivity contribution in [3.05, 3.63) is 28.8 Å². The van der Waals surface area contributed by atoms with Crippen molar-refractivity contribution < 1.29 is 4.79 Å². The molecule has 1 nitrogen and oxygen atoms in total. The van der Waals surface area contributed by atoms with Gasteiger partial charge in [-0.25, -0.2) is 0 Å². The highest BCUT2D eigenvalue weighted by molar-refractivity contribution is 8.00. The lowest BCUT2D eigenvalue weighted by Crippen LogP contribution is -2.07. The number of hydrogen-bond donors (Lipinski definition) is 0. The van der Waals surface area contributed by atoms with Crippen molar-refractivity contribution in [2.24, 2.45) is 0 Å². The second-order valence-corrected chi connectivity index (χ2v) is 5.96. The molecular formula is C13H15ClOS. The van der Waals surface area contributed by atoms with E-state index in [4.69, 9.17) is 11.6 Å². The van der Waals surface area contributed by atoms with Gasteiger partial charge in [0, 0.05) is 15.7 Å². The van der Waals surface area contributed by atoms with Gasteiger partial charge in [-0.15, -0.1) is 11.8 Å². The lowest BCUT2D eigenvalue weighted by molar-refractivity contribution is 0.112. The Kier molecular flexibility index (Phi) is 4.30. The summed E-state index contributed by atoms with van der Waals surface area (Å²) in [6.45, 7) is 0. The van der Waals surface area contributed by atoms with Gasteiger partial charge >= 0.3 is 0 Å². The number of halogens is 1. The van der Waals surface area contributed by atoms with E-state index in [1.165, 1.54) is 37.0 Å². The number of carbonyl (C=O) groups excluding carboxylic acids is 1. The smallest absolute Gasteiger partial charge is 0.151 e. The van der Waals surface area contributed by atoms with E-state index in [0.29, 0.717) is 10.6 Å². The molecule has 16 heavy (non-hydrogen) atoms. The van der Waals surface area contributed by atoms with Crippen molar-refractivity contribution in [3.63, 3.8) is 0 Å². The molecule has 0 aliphatic heterocycles. The molecule has 1 aliphatic rings. The van der Waals surface area contributed by atoms with E-state index < -0.39 is 0 Å². The van der Waals surface area contributed by atoms with E-state index in [0.717, 1.165) is 11.5 Å². The number of rotatable bonds is 3. The number of hydrogen-bond acceptors (Lipinski definition) is 2. The van der Waals surface area contributed by atoms with Crippen LogP contribution in [0.15, 0.2) is 23.1 Å². The van der Waals surface area contributed by atoms with Gasteiger partial charge < -0.3 is 0 Å². The third kappa shape index (κ3) is 3.02. The maximum atomic E-state index is 10.6. The Labute approximate surface area is 106 Å². The Morgan fingerprint density at radius 2 is 2.00 bits per heavy atom. The summed E-state index contributed by atoms with van der Waals surface area (Å²) in [5.74, 6) is 0. The molecule has 2 rings (SSSR count). The molecule has 1 fully saturated rings. The molecule has 0 unspecified atom stereocenters. The highest BCUT2D eigenvalue weighted by atomic mass is 35.5. The number of thioether (sulfide) groups is 1. The van der Waals surface area contributed by atoms with Crippen LogP contribution in [0.1, 0.15) is 42.5 Å². The van der Waals surface area contributed by atoms with E-state index in [1.54, 1.807) is 6.07 Å². The fourth-order valence-electron chi connectivity index (χ4n) is 2.05. The first kappa shape index (κ1) is 12.0. The second kappa shape index (κ2) is 5.74. The minimum absolute atomic E-state index is 0.566. The molecule has 1 aromatic rings. The largest absolute Gasteiger partial charge is 0.298 e. The molecular weight excluding hydrogens is 240 g/mol. The number of aldehydes is 1. The molecule has 0 bridgehead atoms. The van der Waals surface area contributed by atoms with Crippen LogP contribution < -0.4 is 0 Å². The Morgan fingerprint density at radius 1 is 1.25 bits per heavy atom. The van der Waals surface area contributed by atoms with Crippen LogP contribution >= 0.6 is 23.4 Å². The van der Waals surface area contributed by atoms with E-state index in [9.17, 15) is 4.79 Å². The summed E-state index contributed by atoms with van der Waals surface area (Å²) in [6.07, 6.45) is 7.48. The van der Waals surface area contributed by atoms with Gasteiger partial charge in [-0.3, -0.25) is 4.79 Å². The normalized spacial score (nSPS) is 17.3. The highest BCUT2D eigenvalue weighted by Crippen LogP contribution is 2.34. The predicted octanol–water partition coefficient (Wildman–Crippen LogP) is 4.58. The zero-order valence-electron chi connectivity index (χ0n) is 9.12. The van der Waals surface area contributed by atoms with Crippen molar-refractivity contribution in [1.29, 1.82) is 0 Å². The van der Waals surface area contributed by atoms with Crippen LogP contribution in [0.4, 0.5) is 0 Å². The lowest BCUT2D eigenvalue weighted by Gasteiger charge is -2.21. The third-order valence-corrected chi connectivity index (χ3v) is 4.61. The third-order valence-electron chi connectivity index (χ3n) is 2.95. The minimum Gasteiger partial charge on any atom is -0.298 e. The van der Waals surface area contributed by atoms with E-state index in [2.05, 4.69) is 0 Å². The Bertz CT molecular complexity index is 372. The molecule has 86 valence electrons. The quantitative estimate of drug-likeness (QED) is 0.735. The molecule has 0 amide bonds. The standard InChI is InChI=1S/C13H15ClOS/c14-13-8-12(7-6-10(13)9-15)16-11-4-2-1-3-5-11/h6-9,11H,1-5H2. The zero-order chi connectivity index (χ0) is 11.4. The van der Waals surface area contributed by atoms with Gasteiger partial charge in [0.25, 0.3) is 0 Å². The maximum absolute atomic E-state index is 10.6. The van der Waals surface area contributed by atoms with Gasteiger partial charge in [-0.2, -0.15) is 0 Å². The minimum atomic E-state index is 0.566. The average Bonchev–Trinajstić information content (AvgIpc) is 2.31. The molecule has 1 aliphatic carbocycles.